The fourth-order valence-electron chi connectivity index (χ4n) is 2.77. The molecule has 0 saturated carbocycles. The Hall–Kier alpha value is -1.62. The summed E-state index contributed by atoms with van der Waals surface area (Å²) >= 11 is 0. The molecule has 1 amide bonds. The van der Waals surface area contributed by atoms with Crippen molar-refractivity contribution in [1.29, 1.82) is 0 Å². The largest absolute Gasteiger partial charge is 0.450 e. The monoisotopic (exact) mass is 280 g/mol. The minimum atomic E-state index is -0.384. The molecule has 1 aromatic carbocycles. The number of amides is 1. The summed E-state index contributed by atoms with van der Waals surface area (Å²) in [7, 11) is 2.01. The first-order valence-corrected chi connectivity index (χ1v) is 6.95. The highest BCUT2D eigenvalue weighted by Crippen LogP contribution is 2.26. The standard InChI is InChI=1S/C15H21FN2O2/c1-3-20-15(19)17-14-8-12(9-18(2)10-14)11-5-4-6-13(16)7-11/h4-7,12,14H,3,8-10H2,1-2H3,(H,17,19). The predicted molar refractivity (Wildman–Crippen MR) is 75.2 cm³/mol. The highest BCUT2D eigenvalue weighted by atomic mass is 19.1. The summed E-state index contributed by atoms with van der Waals surface area (Å²) in [5.74, 6) is 0.00186. The maximum atomic E-state index is 13.3. The van der Waals surface area contributed by atoms with Gasteiger partial charge in [0.15, 0.2) is 0 Å². The number of nitrogens with zero attached hydrogens (tertiary/aromatic N) is 1. The Labute approximate surface area is 118 Å². The van der Waals surface area contributed by atoms with Crippen molar-refractivity contribution in [2.75, 3.05) is 26.7 Å². The van der Waals surface area contributed by atoms with E-state index in [2.05, 4.69) is 10.2 Å². The zero-order valence-electron chi connectivity index (χ0n) is 11.9. The van der Waals surface area contributed by atoms with E-state index < -0.39 is 0 Å². The van der Waals surface area contributed by atoms with Crippen LogP contribution in [-0.4, -0.2) is 43.8 Å². The Morgan fingerprint density at radius 3 is 3.00 bits per heavy atom. The molecule has 5 heteroatoms. The molecule has 20 heavy (non-hydrogen) atoms. The molecule has 2 rings (SSSR count). The molecule has 1 fully saturated rings. The number of piperidine rings is 1. The number of benzene rings is 1. The van der Waals surface area contributed by atoms with Gasteiger partial charge in [-0.3, -0.25) is 0 Å². The van der Waals surface area contributed by atoms with Crippen LogP contribution in [0.15, 0.2) is 24.3 Å². The van der Waals surface area contributed by atoms with Crippen LogP contribution in [0.2, 0.25) is 0 Å². The molecule has 1 aliphatic heterocycles. The van der Waals surface area contributed by atoms with E-state index in [1.165, 1.54) is 6.07 Å². The quantitative estimate of drug-likeness (QED) is 0.924. The van der Waals surface area contributed by atoms with E-state index in [1.807, 2.05) is 13.1 Å². The van der Waals surface area contributed by atoms with Crippen molar-refractivity contribution in [3.8, 4) is 0 Å². The molecule has 2 atom stereocenters. The fourth-order valence-corrected chi connectivity index (χ4v) is 2.77. The molecule has 0 aromatic heterocycles. The highest BCUT2D eigenvalue weighted by Gasteiger charge is 2.27. The molecular formula is C15H21FN2O2. The van der Waals surface area contributed by atoms with Crippen molar-refractivity contribution in [2.45, 2.75) is 25.3 Å². The van der Waals surface area contributed by atoms with E-state index in [0.29, 0.717) is 6.61 Å². The second-order valence-corrected chi connectivity index (χ2v) is 5.27. The zero-order valence-corrected chi connectivity index (χ0v) is 11.9. The summed E-state index contributed by atoms with van der Waals surface area (Å²) < 4.78 is 18.2. The smallest absolute Gasteiger partial charge is 0.407 e. The van der Waals surface area contributed by atoms with Gasteiger partial charge in [-0.1, -0.05) is 12.1 Å². The zero-order chi connectivity index (χ0) is 14.5. The van der Waals surface area contributed by atoms with Crippen molar-refractivity contribution in [1.82, 2.24) is 10.2 Å². The van der Waals surface area contributed by atoms with E-state index in [0.717, 1.165) is 25.1 Å². The maximum absolute atomic E-state index is 13.3. The predicted octanol–water partition coefficient (Wildman–Crippen LogP) is 2.36. The maximum Gasteiger partial charge on any atom is 0.407 e. The van der Waals surface area contributed by atoms with Gasteiger partial charge in [-0.05, 0) is 44.0 Å². The van der Waals surface area contributed by atoms with Crippen molar-refractivity contribution < 1.29 is 13.9 Å². The Balaban J connectivity index is 2.02. The van der Waals surface area contributed by atoms with Crippen molar-refractivity contribution in [3.05, 3.63) is 35.6 Å². The van der Waals surface area contributed by atoms with Crippen LogP contribution in [0.5, 0.6) is 0 Å². The van der Waals surface area contributed by atoms with Gasteiger partial charge in [0.1, 0.15) is 5.82 Å². The number of hydrogen-bond acceptors (Lipinski definition) is 3. The molecular weight excluding hydrogens is 259 g/mol. The van der Waals surface area contributed by atoms with Crippen LogP contribution in [0.4, 0.5) is 9.18 Å². The number of ether oxygens (including phenoxy) is 1. The van der Waals surface area contributed by atoms with Crippen LogP contribution in [0.1, 0.15) is 24.8 Å². The van der Waals surface area contributed by atoms with Gasteiger partial charge in [0, 0.05) is 19.1 Å². The Bertz CT molecular complexity index is 467. The second-order valence-electron chi connectivity index (χ2n) is 5.27. The number of hydrogen-bond donors (Lipinski definition) is 1. The number of rotatable bonds is 3. The lowest BCUT2D eigenvalue weighted by atomic mass is 9.88. The molecule has 1 heterocycles. The minimum absolute atomic E-state index is 0.0288. The van der Waals surface area contributed by atoms with Crippen molar-refractivity contribution in [2.24, 2.45) is 0 Å². The normalized spacial score (nSPS) is 23.4. The Morgan fingerprint density at radius 2 is 2.30 bits per heavy atom. The first kappa shape index (κ1) is 14.8. The Kier molecular flexibility index (Phi) is 4.95. The molecule has 4 nitrogen and oxygen atoms in total. The third-order valence-electron chi connectivity index (χ3n) is 3.55. The molecule has 2 unspecified atom stereocenters. The summed E-state index contributed by atoms with van der Waals surface area (Å²) in [4.78, 5) is 13.7. The van der Waals surface area contributed by atoms with Crippen molar-refractivity contribution in [3.63, 3.8) is 0 Å². The van der Waals surface area contributed by atoms with Gasteiger partial charge in [-0.15, -0.1) is 0 Å². The number of nitrogens with one attached hydrogen (secondary N) is 1. The lowest BCUT2D eigenvalue weighted by Crippen LogP contribution is -2.48. The van der Waals surface area contributed by atoms with Gasteiger partial charge in [0.25, 0.3) is 0 Å². The fraction of sp³-hybridized carbons (Fsp3) is 0.533. The third kappa shape index (κ3) is 3.93. The van der Waals surface area contributed by atoms with Gasteiger partial charge in [-0.25, -0.2) is 9.18 Å². The van der Waals surface area contributed by atoms with Gasteiger partial charge in [0.05, 0.1) is 6.61 Å². The van der Waals surface area contributed by atoms with Crippen LogP contribution < -0.4 is 5.32 Å². The summed E-state index contributed by atoms with van der Waals surface area (Å²) in [5.41, 5.74) is 0.979. The molecule has 0 aliphatic carbocycles. The molecule has 1 aromatic rings. The minimum Gasteiger partial charge on any atom is -0.450 e. The van der Waals surface area contributed by atoms with Crippen LogP contribution in [0.25, 0.3) is 0 Å². The highest BCUT2D eigenvalue weighted by molar-refractivity contribution is 5.67. The Morgan fingerprint density at radius 1 is 1.50 bits per heavy atom. The SMILES string of the molecule is CCOC(=O)NC1CC(c2cccc(F)c2)CN(C)C1. The van der Waals surface area contributed by atoms with E-state index in [-0.39, 0.29) is 23.9 Å². The summed E-state index contributed by atoms with van der Waals surface area (Å²) in [6.07, 6.45) is 0.415. The first-order chi connectivity index (χ1) is 9.58. The summed E-state index contributed by atoms with van der Waals surface area (Å²) in [5, 5.41) is 2.87. The van der Waals surface area contributed by atoms with E-state index >= 15 is 0 Å². The number of likely N-dealkylation sites (tertiary alicyclic amines) is 1. The average molecular weight is 280 g/mol. The molecule has 0 spiro atoms. The van der Waals surface area contributed by atoms with Gasteiger partial charge < -0.3 is 15.0 Å². The molecule has 0 bridgehead atoms. The molecule has 1 N–H and O–H groups in total. The number of halogens is 1. The number of carbonyl (C=O) groups excluding carboxylic acids is 1. The van der Waals surface area contributed by atoms with Crippen LogP contribution >= 0.6 is 0 Å². The average Bonchev–Trinajstić information content (AvgIpc) is 2.38. The topological polar surface area (TPSA) is 41.6 Å². The lowest BCUT2D eigenvalue weighted by molar-refractivity contribution is 0.135. The summed E-state index contributed by atoms with van der Waals surface area (Å²) in [6, 6.07) is 6.72. The molecule has 0 radical (unpaired) electrons. The van der Waals surface area contributed by atoms with Gasteiger partial charge in [0.2, 0.25) is 0 Å². The van der Waals surface area contributed by atoms with Gasteiger partial charge >= 0.3 is 6.09 Å². The number of likely N-dealkylation sites (N-methyl/N-ethyl adjacent to an activating group) is 1. The van der Waals surface area contributed by atoms with Crippen LogP contribution in [-0.2, 0) is 4.74 Å². The molecule has 1 saturated heterocycles. The van der Waals surface area contributed by atoms with Gasteiger partial charge in [-0.2, -0.15) is 0 Å². The first-order valence-electron chi connectivity index (χ1n) is 6.95. The van der Waals surface area contributed by atoms with Crippen molar-refractivity contribution >= 4 is 6.09 Å². The number of alkyl carbamates (subject to hydrolysis) is 1. The molecule has 110 valence electrons. The van der Waals surface area contributed by atoms with Crippen LogP contribution in [0.3, 0.4) is 0 Å². The number of carbonyl (C=O) groups is 1. The van der Waals surface area contributed by atoms with Crippen LogP contribution in [0, 0.1) is 5.82 Å². The van der Waals surface area contributed by atoms with E-state index in [9.17, 15) is 9.18 Å². The van der Waals surface area contributed by atoms with E-state index in [1.54, 1.807) is 19.1 Å². The second kappa shape index (κ2) is 6.70. The third-order valence-corrected chi connectivity index (χ3v) is 3.55. The lowest BCUT2D eigenvalue weighted by Gasteiger charge is -2.36. The van der Waals surface area contributed by atoms with E-state index in [4.69, 9.17) is 4.74 Å². The summed E-state index contributed by atoms with van der Waals surface area (Å²) in [6.45, 7) is 3.79. The molecule has 1 aliphatic rings.